The second-order valence-corrected chi connectivity index (χ2v) is 7.50. The lowest BCUT2D eigenvalue weighted by molar-refractivity contribution is -0.120. The Kier molecular flexibility index (Phi) is 10.7. The van der Waals surface area contributed by atoms with Crippen LogP contribution in [0.3, 0.4) is 0 Å². The third-order valence-corrected chi connectivity index (χ3v) is 5.27. The molecule has 0 bridgehead atoms. The smallest absolute Gasteiger partial charge is 0.227 e. The molecule has 8 heteroatoms. The SMILES string of the molecule is CN=C(NCCCn1cccn1)NCc1cccc(NC(=O)C2CCCCC2)c1.I. The van der Waals surface area contributed by atoms with Gasteiger partial charge in [-0.25, -0.2) is 0 Å². The number of rotatable bonds is 8. The molecule has 3 rings (SSSR count). The van der Waals surface area contributed by atoms with Gasteiger partial charge in [-0.15, -0.1) is 24.0 Å². The number of hydrogen-bond donors (Lipinski definition) is 3. The highest BCUT2D eigenvalue weighted by Crippen LogP contribution is 2.25. The van der Waals surface area contributed by atoms with E-state index in [4.69, 9.17) is 0 Å². The van der Waals surface area contributed by atoms with Crippen molar-refractivity contribution in [2.45, 2.75) is 51.6 Å². The maximum Gasteiger partial charge on any atom is 0.227 e. The Morgan fingerprint density at radius 1 is 1.20 bits per heavy atom. The first-order valence-electron chi connectivity index (χ1n) is 10.6. The van der Waals surface area contributed by atoms with Crippen molar-refractivity contribution >= 4 is 41.5 Å². The highest BCUT2D eigenvalue weighted by molar-refractivity contribution is 14.0. The molecule has 0 atom stereocenters. The van der Waals surface area contributed by atoms with Gasteiger partial charge in [-0.1, -0.05) is 31.4 Å². The van der Waals surface area contributed by atoms with Gasteiger partial charge >= 0.3 is 0 Å². The molecule has 0 radical (unpaired) electrons. The van der Waals surface area contributed by atoms with Crippen LogP contribution in [0.25, 0.3) is 0 Å². The lowest BCUT2D eigenvalue weighted by Gasteiger charge is -2.21. The number of nitrogens with one attached hydrogen (secondary N) is 3. The molecule has 1 aliphatic carbocycles. The average molecular weight is 524 g/mol. The van der Waals surface area contributed by atoms with Crippen LogP contribution in [0, 0.1) is 5.92 Å². The van der Waals surface area contributed by atoms with Crippen LogP contribution in [-0.4, -0.2) is 35.2 Å². The molecule has 0 saturated heterocycles. The van der Waals surface area contributed by atoms with Crippen molar-refractivity contribution < 1.29 is 4.79 Å². The van der Waals surface area contributed by atoms with Gasteiger partial charge < -0.3 is 16.0 Å². The molecule has 1 aliphatic rings. The van der Waals surface area contributed by atoms with Gasteiger partial charge in [0, 0.05) is 50.7 Å². The Labute approximate surface area is 196 Å². The zero-order valence-electron chi connectivity index (χ0n) is 17.6. The highest BCUT2D eigenvalue weighted by atomic mass is 127. The fourth-order valence-electron chi connectivity index (χ4n) is 3.66. The van der Waals surface area contributed by atoms with Crippen molar-refractivity contribution in [2.24, 2.45) is 10.9 Å². The third kappa shape index (κ3) is 7.97. The molecule has 30 heavy (non-hydrogen) atoms. The molecule has 7 nitrogen and oxygen atoms in total. The first-order valence-corrected chi connectivity index (χ1v) is 10.6. The Bertz CT molecular complexity index is 787. The second kappa shape index (κ2) is 13.3. The summed E-state index contributed by atoms with van der Waals surface area (Å²) in [5, 5.41) is 13.9. The van der Waals surface area contributed by atoms with Crippen molar-refractivity contribution in [1.82, 2.24) is 20.4 Å². The maximum absolute atomic E-state index is 12.5. The van der Waals surface area contributed by atoms with Gasteiger partial charge in [0.05, 0.1) is 0 Å². The van der Waals surface area contributed by atoms with Crippen LogP contribution in [0.1, 0.15) is 44.1 Å². The maximum atomic E-state index is 12.5. The first-order chi connectivity index (χ1) is 14.2. The van der Waals surface area contributed by atoms with E-state index in [1.54, 1.807) is 13.2 Å². The molecule has 0 spiro atoms. The van der Waals surface area contributed by atoms with Crippen LogP contribution in [0.5, 0.6) is 0 Å². The van der Waals surface area contributed by atoms with E-state index in [1.807, 2.05) is 41.2 Å². The standard InChI is InChI=1S/C22H32N6O.HI/c1-23-22(24-12-6-14-28-15-7-13-26-28)25-17-18-8-5-11-20(16-18)27-21(29)19-9-3-2-4-10-19;/h5,7-8,11,13,15-16,19H,2-4,6,9-10,12,14,17H2,1H3,(H,27,29)(H2,23,24,25);1H. The summed E-state index contributed by atoms with van der Waals surface area (Å²) in [6, 6.07) is 9.94. The molecule has 0 unspecified atom stereocenters. The quantitative estimate of drug-likeness (QED) is 0.213. The number of halogens is 1. The average Bonchev–Trinajstić information content (AvgIpc) is 3.28. The van der Waals surface area contributed by atoms with Gasteiger partial charge in [-0.2, -0.15) is 5.10 Å². The zero-order valence-corrected chi connectivity index (χ0v) is 20.0. The number of carbonyl (C=O) groups is 1. The van der Waals surface area contributed by atoms with Crippen molar-refractivity contribution in [3.05, 3.63) is 48.3 Å². The minimum atomic E-state index is 0. The summed E-state index contributed by atoms with van der Waals surface area (Å²) in [6.07, 6.45) is 10.3. The summed E-state index contributed by atoms with van der Waals surface area (Å²) in [5.41, 5.74) is 1.97. The van der Waals surface area contributed by atoms with E-state index in [0.717, 1.165) is 62.4 Å². The molecule has 1 fully saturated rings. The largest absolute Gasteiger partial charge is 0.356 e. The predicted octanol–water partition coefficient (Wildman–Crippen LogP) is 3.78. The van der Waals surface area contributed by atoms with Crippen LogP contribution in [0.4, 0.5) is 5.69 Å². The number of hydrogen-bond acceptors (Lipinski definition) is 3. The van der Waals surface area contributed by atoms with Crippen molar-refractivity contribution in [3.63, 3.8) is 0 Å². The Hall–Kier alpha value is -2.10. The Balaban J connectivity index is 0.00000320. The van der Waals surface area contributed by atoms with Crippen LogP contribution >= 0.6 is 24.0 Å². The van der Waals surface area contributed by atoms with Gasteiger partial charge in [0.2, 0.25) is 5.91 Å². The topological polar surface area (TPSA) is 83.3 Å². The Morgan fingerprint density at radius 3 is 2.77 bits per heavy atom. The lowest BCUT2D eigenvalue weighted by Crippen LogP contribution is -2.37. The summed E-state index contributed by atoms with van der Waals surface area (Å²) in [4.78, 5) is 16.7. The zero-order chi connectivity index (χ0) is 20.3. The van der Waals surface area contributed by atoms with E-state index in [-0.39, 0.29) is 35.8 Å². The fraction of sp³-hybridized carbons (Fsp3) is 0.500. The Morgan fingerprint density at radius 2 is 2.03 bits per heavy atom. The number of guanidine groups is 1. The first kappa shape index (κ1) is 24.2. The summed E-state index contributed by atoms with van der Waals surface area (Å²) in [6.45, 7) is 2.34. The number of carbonyl (C=O) groups excluding carboxylic acids is 1. The van der Waals surface area contributed by atoms with Gasteiger partial charge in [0.25, 0.3) is 0 Å². The molecule has 1 aromatic carbocycles. The van der Waals surface area contributed by atoms with Crippen molar-refractivity contribution in [3.8, 4) is 0 Å². The van der Waals surface area contributed by atoms with Crippen LogP contribution in [-0.2, 0) is 17.9 Å². The van der Waals surface area contributed by atoms with E-state index < -0.39 is 0 Å². The molecule has 164 valence electrons. The van der Waals surface area contributed by atoms with Gasteiger partial charge in [-0.3, -0.25) is 14.5 Å². The molecular weight excluding hydrogens is 491 g/mol. The van der Waals surface area contributed by atoms with Crippen molar-refractivity contribution in [2.75, 3.05) is 18.9 Å². The normalized spacial score (nSPS) is 14.6. The molecule has 1 amide bonds. The summed E-state index contributed by atoms with van der Waals surface area (Å²) in [5.74, 6) is 1.09. The summed E-state index contributed by atoms with van der Waals surface area (Å²) >= 11 is 0. The fourth-order valence-corrected chi connectivity index (χ4v) is 3.66. The van der Waals surface area contributed by atoms with E-state index in [2.05, 4.69) is 26.0 Å². The van der Waals surface area contributed by atoms with Crippen LogP contribution < -0.4 is 16.0 Å². The lowest BCUT2D eigenvalue weighted by atomic mass is 9.88. The number of benzene rings is 1. The number of aromatic nitrogens is 2. The number of aliphatic imine (C=N–C) groups is 1. The van der Waals surface area contributed by atoms with Gasteiger partial charge in [-0.05, 0) is 43.0 Å². The highest BCUT2D eigenvalue weighted by Gasteiger charge is 2.20. The molecule has 3 N–H and O–H groups in total. The minimum Gasteiger partial charge on any atom is -0.356 e. The molecule has 1 heterocycles. The number of nitrogens with zero attached hydrogens (tertiary/aromatic N) is 3. The number of amides is 1. The van der Waals surface area contributed by atoms with E-state index >= 15 is 0 Å². The number of aryl methyl sites for hydroxylation is 1. The molecule has 1 saturated carbocycles. The van der Waals surface area contributed by atoms with Gasteiger partial charge in [0.1, 0.15) is 0 Å². The molecule has 0 aliphatic heterocycles. The van der Waals surface area contributed by atoms with Crippen LogP contribution in [0.15, 0.2) is 47.7 Å². The van der Waals surface area contributed by atoms with E-state index in [0.29, 0.717) is 6.54 Å². The molecule has 1 aromatic heterocycles. The summed E-state index contributed by atoms with van der Waals surface area (Å²) in [7, 11) is 1.77. The number of anilines is 1. The van der Waals surface area contributed by atoms with E-state index in [9.17, 15) is 4.79 Å². The molecular formula is C22H33IN6O. The second-order valence-electron chi connectivity index (χ2n) is 7.50. The monoisotopic (exact) mass is 524 g/mol. The molecule has 2 aromatic rings. The minimum absolute atomic E-state index is 0. The third-order valence-electron chi connectivity index (χ3n) is 5.27. The van der Waals surface area contributed by atoms with Gasteiger partial charge in [0.15, 0.2) is 5.96 Å². The van der Waals surface area contributed by atoms with E-state index in [1.165, 1.54) is 6.42 Å². The predicted molar refractivity (Wildman–Crippen MR) is 132 cm³/mol. The van der Waals surface area contributed by atoms with Crippen molar-refractivity contribution in [1.29, 1.82) is 0 Å². The summed E-state index contributed by atoms with van der Waals surface area (Å²) < 4.78 is 1.92. The van der Waals surface area contributed by atoms with Crippen LogP contribution in [0.2, 0.25) is 0 Å².